The van der Waals surface area contributed by atoms with Crippen LogP contribution in [0.5, 0.6) is 5.75 Å². The third kappa shape index (κ3) is 6.70. The summed E-state index contributed by atoms with van der Waals surface area (Å²) in [6.45, 7) is 6.11. The van der Waals surface area contributed by atoms with Gasteiger partial charge in [0.2, 0.25) is 0 Å². The molecule has 198 valence electrons. The summed E-state index contributed by atoms with van der Waals surface area (Å²) in [4.78, 5) is 25.2. The Bertz CT molecular complexity index is 1060. The molecule has 0 spiro atoms. The first kappa shape index (κ1) is 28.2. The fourth-order valence-electron chi connectivity index (χ4n) is 3.56. The van der Waals surface area contributed by atoms with Crippen LogP contribution in [0, 0.1) is 0 Å². The van der Waals surface area contributed by atoms with Crippen LogP contribution in [-0.4, -0.2) is 64.7 Å². The number of halogens is 1. The molecule has 1 amide bonds. The number of aliphatic hydroxyl groups excluding tert-OH is 1. The van der Waals surface area contributed by atoms with Crippen molar-refractivity contribution in [3.8, 4) is 5.75 Å². The molecule has 36 heavy (non-hydrogen) atoms. The Morgan fingerprint density at radius 3 is 2.67 bits per heavy atom. The van der Waals surface area contributed by atoms with Crippen LogP contribution in [0.15, 0.2) is 55.0 Å². The molecule has 1 aromatic carbocycles. The van der Waals surface area contributed by atoms with Gasteiger partial charge in [0.25, 0.3) is 5.91 Å². The van der Waals surface area contributed by atoms with Crippen molar-refractivity contribution < 1.29 is 37.6 Å². The smallest absolute Gasteiger partial charge is 0.323 e. The second kappa shape index (κ2) is 11.4. The predicted molar refractivity (Wildman–Crippen MR) is 134 cm³/mol. The third-order valence-corrected chi connectivity index (χ3v) is 7.87. The van der Waals surface area contributed by atoms with E-state index in [1.807, 2.05) is 0 Å². The Labute approximate surface area is 214 Å². The summed E-state index contributed by atoms with van der Waals surface area (Å²) < 4.78 is 38.4. The van der Waals surface area contributed by atoms with Gasteiger partial charge < -0.3 is 33.8 Å². The molecular weight excluding hydrogens is 512 g/mol. The average Bonchev–Trinajstić information content (AvgIpc) is 3.01. The van der Waals surface area contributed by atoms with E-state index in [9.17, 15) is 14.7 Å². The molecule has 1 fully saturated rings. The number of carbonyl (C=O) groups is 2. The Morgan fingerprint density at radius 2 is 2.06 bits per heavy atom. The van der Waals surface area contributed by atoms with Gasteiger partial charge in [-0.3, -0.25) is 9.59 Å². The minimum absolute atomic E-state index is 0.0989. The number of benzene rings is 1. The van der Waals surface area contributed by atoms with E-state index in [1.165, 1.54) is 24.1 Å². The maximum Gasteiger partial charge on any atom is 0.323 e. The topological polar surface area (TPSA) is 119 Å². The maximum atomic E-state index is 15.6. The lowest BCUT2D eigenvalue weighted by Gasteiger charge is -2.35. The number of ether oxygens (including phenoxy) is 2. The Kier molecular flexibility index (Phi) is 8.92. The largest absolute Gasteiger partial charge is 0.462 e. The number of para-hydroxylation sites is 1. The molecule has 2 unspecified atom stereocenters. The van der Waals surface area contributed by atoms with Crippen LogP contribution in [0.1, 0.15) is 27.7 Å². The van der Waals surface area contributed by atoms with Gasteiger partial charge in [0.15, 0.2) is 11.9 Å². The second-order valence-corrected chi connectivity index (χ2v) is 12.0. The van der Waals surface area contributed by atoms with Crippen molar-refractivity contribution >= 4 is 30.3 Å². The van der Waals surface area contributed by atoms with Crippen LogP contribution < -0.4 is 14.9 Å². The van der Waals surface area contributed by atoms with Crippen LogP contribution in [0.4, 0.5) is 4.39 Å². The zero-order valence-electron chi connectivity index (χ0n) is 20.4. The number of nitrogens with one attached hydrogen (secondary N) is 2. The number of alkyl halides is 1. The van der Waals surface area contributed by atoms with E-state index >= 15 is 4.39 Å². The predicted octanol–water partition coefficient (Wildman–Crippen LogP) is 2.47. The van der Waals surface area contributed by atoms with E-state index in [0.717, 1.165) is 0 Å². The molecule has 0 saturated carbocycles. The number of amides is 1. The molecule has 3 rings (SSSR count). The highest BCUT2D eigenvalue weighted by Gasteiger charge is 2.57. The maximum absolute atomic E-state index is 15.6. The fraction of sp³-hybridized carbons (Fsp3) is 0.478. The van der Waals surface area contributed by atoms with Crippen molar-refractivity contribution in [1.82, 2.24) is 15.3 Å². The van der Waals surface area contributed by atoms with Crippen LogP contribution >= 0.6 is 6.64 Å². The molecule has 0 bridgehead atoms. The van der Waals surface area contributed by atoms with Crippen LogP contribution in [0.25, 0.3) is 0 Å². The number of hydrogen-bond donors (Lipinski definition) is 3. The van der Waals surface area contributed by atoms with Crippen molar-refractivity contribution in [2.75, 3.05) is 6.61 Å². The van der Waals surface area contributed by atoms with Gasteiger partial charge in [-0.1, -0.05) is 24.8 Å². The molecule has 0 aliphatic carbocycles. The lowest BCUT2D eigenvalue weighted by molar-refractivity contribution is -0.149. The SMILES string of the molecule is C=C1NC(=O)C=CN1[C@@H]1O[C@H](COP(=S)(NC(C)C(=O)OC(C)C)Oc2ccccc2)[C@@H](O)[C@@]1(C)F. The number of aliphatic hydroxyl groups is 1. The van der Waals surface area contributed by atoms with E-state index in [-0.39, 0.29) is 18.5 Å². The van der Waals surface area contributed by atoms with Gasteiger partial charge in [-0.25, -0.2) is 9.48 Å². The fourth-order valence-corrected chi connectivity index (χ4v) is 5.98. The summed E-state index contributed by atoms with van der Waals surface area (Å²) in [5, 5.41) is 16.1. The summed E-state index contributed by atoms with van der Waals surface area (Å²) >= 11 is 5.64. The van der Waals surface area contributed by atoms with Crippen molar-refractivity contribution in [3.05, 3.63) is 55.0 Å². The molecule has 10 nitrogen and oxygen atoms in total. The third-order valence-electron chi connectivity index (χ3n) is 5.37. The zero-order chi connectivity index (χ0) is 26.7. The van der Waals surface area contributed by atoms with Gasteiger partial charge >= 0.3 is 12.6 Å². The molecule has 13 heteroatoms. The average molecular weight is 544 g/mol. The second-order valence-electron chi connectivity index (χ2n) is 8.82. The number of nitrogens with zero attached hydrogens (tertiary/aromatic N) is 1. The summed E-state index contributed by atoms with van der Waals surface area (Å²) in [5.41, 5.74) is -2.26. The van der Waals surface area contributed by atoms with Crippen molar-refractivity contribution in [2.45, 2.75) is 63.9 Å². The monoisotopic (exact) mass is 543 g/mol. The number of esters is 1. The molecule has 3 N–H and O–H groups in total. The minimum atomic E-state index is -3.42. The summed E-state index contributed by atoms with van der Waals surface area (Å²) in [5.74, 6) is -0.471. The minimum Gasteiger partial charge on any atom is -0.462 e. The summed E-state index contributed by atoms with van der Waals surface area (Å²) in [6.07, 6.45) is -1.87. The summed E-state index contributed by atoms with van der Waals surface area (Å²) in [7, 11) is 0. The van der Waals surface area contributed by atoms with E-state index in [1.54, 1.807) is 51.1 Å². The van der Waals surface area contributed by atoms with Gasteiger partial charge in [0, 0.05) is 12.3 Å². The van der Waals surface area contributed by atoms with Gasteiger partial charge in [0.05, 0.1) is 12.7 Å². The van der Waals surface area contributed by atoms with Gasteiger partial charge in [0.1, 0.15) is 29.8 Å². The first-order valence-corrected chi connectivity index (χ1v) is 13.9. The zero-order valence-corrected chi connectivity index (χ0v) is 22.1. The Hall–Kier alpha value is -2.34. The van der Waals surface area contributed by atoms with Gasteiger partial charge in [-0.2, -0.15) is 0 Å². The first-order valence-electron chi connectivity index (χ1n) is 11.3. The number of carbonyl (C=O) groups excluding carboxylic acids is 2. The van der Waals surface area contributed by atoms with Crippen LogP contribution in [0.3, 0.4) is 0 Å². The lowest BCUT2D eigenvalue weighted by Crippen LogP contribution is -2.51. The molecule has 6 atom stereocenters. The van der Waals surface area contributed by atoms with E-state index in [4.69, 9.17) is 30.3 Å². The molecular formula is C23H31FN3O7PS. The van der Waals surface area contributed by atoms with E-state index in [0.29, 0.717) is 5.75 Å². The molecule has 1 saturated heterocycles. The van der Waals surface area contributed by atoms with Crippen LogP contribution in [0.2, 0.25) is 0 Å². The van der Waals surface area contributed by atoms with Crippen molar-refractivity contribution in [3.63, 3.8) is 0 Å². The first-order chi connectivity index (χ1) is 16.8. The van der Waals surface area contributed by atoms with E-state index in [2.05, 4.69) is 17.0 Å². The molecule has 0 radical (unpaired) electrons. The van der Waals surface area contributed by atoms with E-state index < -0.39 is 48.7 Å². The van der Waals surface area contributed by atoms with Crippen LogP contribution in [-0.2, 0) is 35.4 Å². The molecule has 2 heterocycles. The molecule has 2 aliphatic rings. The summed E-state index contributed by atoms with van der Waals surface area (Å²) in [6, 6.07) is 7.74. The normalized spacial score (nSPS) is 28.5. The van der Waals surface area contributed by atoms with Gasteiger partial charge in [-0.15, -0.1) is 0 Å². The Balaban J connectivity index is 1.76. The highest BCUT2D eigenvalue weighted by Crippen LogP contribution is 2.47. The highest BCUT2D eigenvalue weighted by atomic mass is 32.5. The molecule has 2 aliphatic heterocycles. The lowest BCUT2D eigenvalue weighted by atomic mass is 9.98. The standard InChI is InChI=1S/C23H31FN3O7PS/c1-14(2)32-21(30)15(3)26-35(36,34-17-9-7-6-8-10-17)31-13-18-20(29)23(5,24)22(33-18)27-12-11-19(28)25-16(27)4/h6-12,14-15,18,20,22,29H,4,13H2,1-3,5H3,(H,25,28)(H,26,36)/t15?,18-,20-,22-,23-,35?/m1/s1. The Morgan fingerprint density at radius 1 is 1.39 bits per heavy atom. The molecule has 1 aromatic rings. The van der Waals surface area contributed by atoms with Crippen molar-refractivity contribution in [2.24, 2.45) is 0 Å². The number of hydrogen-bond acceptors (Lipinski definition) is 9. The molecule has 0 aromatic heterocycles. The number of rotatable bonds is 10. The van der Waals surface area contributed by atoms with Crippen molar-refractivity contribution in [1.29, 1.82) is 0 Å². The quantitative estimate of drug-likeness (QED) is 0.300. The highest BCUT2D eigenvalue weighted by molar-refractivity contribution is 8.09. The van der Waals surface area contributed by atoms with Gasteiger partial charge in [-0.05, 0) is 51.6 Å².